The van der Waals surface area contributed by atoms with Gasteiger partial charge >= 0.3 is 17.9 Å². The fourth-order valence-corrected chi connectivity index (χ4v) is 9.72. The molecule has 1 atom stereocenters. The molecule has 6 heteroatoms. The van der Waals surface area contributed by atoms with Crippen LogP contribution in [-0.2, 0) is 28.6 Å². The Morgan fingerprint density at radius 1 is 0.263 bits per heavy atom. The lowest BCUT2D eigenvalue weighted by Crippen LogP contribution is -2.30. The largest absolute Gasteiger partial charge is 0.462 e. The standard InChI is InChI=1S/C70H126O6/c1-4-7-10-13-16-18-20-22-24-26-28-30-31-32-33-34-35-36-37-38-39-41-42-44-46-48-50-52-54-57-60-63-69(72)75-66-67(65-74-68(71)62-59-56-15-12-9-6-3)76-70(73)64-61-58-55-53-51-49-47-45-43-40-29-27-25-23-21-19-17-14-11-8-5-2/h20-23,26-29,43,45,67H,4-19,24-25,30-42,44,46-66H2,1-3H3/b22-20-,23-21-,28-26-,29-27-,45-43-. The molecule has 0 rings (SSSR count). The Kier molecular flexibility index (Phi) is 62.2. The van der Waals surface area contributed by atoms with Gasteiger partial charge in [-0.15, -0.1) is 0 Å². The van der Waals surface area contributed by atoms with E-state index in [2.05, 4.69) is 81.5 Å². The minimum absolute atomic E-state index is 0.0763. The fraction of sp³-hybridized carbons (Fsp3) is 0.814. The highest BCUT2D eigenvalue weighted by molar-refractivity contribution is 5.71. The second kappa shape index (κ2) is 64.6. The summed E-state index contributed by atoms with van der Waals surface area (Å²) < 4.78 is 16.8. The Balaban J connectivity index is 4.02. The molecule has 0 amide bonds. The Morgan fingerprint density at radius 2 is 0.474 bits per heavy atom. The molecule has 76 heavy (non-hydrogen) atoms. The lowest BCUT2D eigenvalue weighted by atomic mass is 10.0. The smallest absolute Gasteiger partial charge is 0.306 e. The molecule has 0 aromatic heterocycles. The topological polar surface area (TPSA) is 78.9 Å². The molecule has 0 aromatic carbocycles. The molecule has 0 saturated heterocycles. The normalized spacial score (nSPS) is 12.4. The summed E-state index contributed by atoms with van der Waals surface area (Å²) in [5.41, 5.74) is 0. The number of unbranched alkanes of at least 4 members (excludes halogenated alkanes) is 40. The molecule has 6 nitrogen and oxygen atoms in total. The molecular formula is C70H126O6. The van der Waals surface area contributed by atoms with Crippen LogP contribution < -0.4 is 0 Å². The molecule has 0 N–H and O–H groups in total. The van der Waals surface area contributed by atoms with E-state index in [-0.39, 0.29) is 31.1 Å². The fourth-order valence-electron chi connectivity index (χ4n) is 9.72. The van der Waals surface area contributed by atoms with Gasteiger partial charge in [-0.25, -0.2) is 0 Å². The summed E-state index contributed by atoms with van der Waals surface area (Å²) in [6, 6.07) is 0. The van der Waals surface area contributed by atoms with Gasteiger partial charge in [0.25, 0.3) is 0 Å². The van der Waals surface area contributed by atoms with Crippen LogP contribution in [0.3, 0.4) is 0 Å². The Hall–Kier alpha value is -2.89. The van der Waals surface area contributed by atoms with Crippen LogP contribution >= 0.6 is 0 Å². The van der Waals surface area contributed by atoms with Crippen molar-refractivity contribution in [2.75, 3.05) is 13.2 Å². The quantitative estimate of drug-likeness (QED) is 0.0261. The van der Waals surface area contributed by atoms with E-state index in [0.717, 1.165) is 83.5 Å². The summed E-state index contributed by atoms with van der Waals surface area (Å²) in [5.74, 6) is -0.883. The van der Waals surface area contributed by atoms with Gasteiger partial charge in [0.15, 0.2) is 6.10 Å². The first-order valence-electron chi connectivity index (χ1n) is 33.3. The molecule has 0 heterocycles. The molecule has 0 aromatic rings. The minimum atomic E-state index is -0.777. The zero-order valence-electron chi connectivity index (χ0n) is 50.8. The maximum atomic E-state index is 12.8. The molecule has 0 aliphatic carbocycles. The second-order valence-corrected chi connectivity index (χ2v) is 22.4. The van der Waals surface area contributed by atoms with Crippen LogP contribution in [0.4, 0.5) is 0 Å². The van der Waals surface area contributed by atoms with Gasteiger partial charge in [-0.3, -0.25) is 14.4 Å². The molecule has 0 saturated carbocycles. The monoisotopic (exact) mass is 1060 g/mol. The van der Waals surface area contributed by atoms with Crippen molar-refractivity contribution in [3.63, 3.8) is 0 Å². The van der Waals surface area contributed by atoms with E-state index in [9.17, 15) is 14.4 Å². The maximum Gasteiger partial charge on any atom is 0.306 e. The van der Waals surface area contributed by atoms with Gasteiger partial charge in [0.05, 0.1) is 0 Å². The third kappa shape index (κ3) is 62.0. The second-order valence-electron chi connectivity index (χ2n) is 22.4. The van der Waals surface area contributed by atoms with Crippen molar-refractivity contribution in [2.45, 2.75) is 354 Å². The molecule has 0 spiro atoms. The first kappa shape index (κ1) is 73.1. The molecule has 1 unspecified atom stereocenters. The average Bonchev–Trinajstić information content (AvgIpc) is 3.42. The van der Waals surface area contributed by atoms with Crippen LogP contribution in [0.1, 0.15) is 348 Å². The zero-order chi connectivity index (χ0) is 55.0. The van der Waals surface area contributed by atoms with E-state index in [1.54, 1.807) is 0 Å². The molecule has 442 valence electrons. The highest BCUT2D eigenvalue weighted by atomic mass is 16.6. The maximum absolute atomic E-state index is 12.8. The highest BCUT2D eigenvalue weighted by Crippen LogP contribution is 2.17. The molecular weight excluding hydrogens is 937 g/mol. The van der Waals surface area contributed by atoms with Crippen LogP contribution in [0.5, 0.6) is 0 Å². The number of carbonyl (C=O) groups is 3. The summed E-state index contributed by atoms with van der Waals surface area (Å²) >= 11 is 0. The van der Waals surface area contributed by atoms with E-state index in [0.29, 0.717) is 19.3 Å². The van der Waals surface area contributed by atoms with Crippen molar-refractivity contribution >= 4 is 17.9 Å². The predicted molar refractivity (Wildman–Crippen MR) is 330 cm³/mol. The number of hydrogen-bond acceptors (Lipinski definition) is 6. The van der Waals surface area contributed by atoms with Gasteiger partial charge in [0.2, 0.25) is 0 Å². The summed E-state index contributed by atoms with van der Waals surface area (Å²) in [6.07, 6.45) is 82.8. The molecule has 0 radical (unpaired) electrons. The summed E-state index contributed by atoms with van der Waals surface area (Å²) in [5, 5.41) is 0. The number of carbonyl (C=O) groups excluding carboxylic acids is 3. The van der Waals surface area contributed by atoms with Gasteiger partial charge in [-0.05, 0) is 89.9 Å². The molecule has 0 fully saturated rings. The minimum Gasteiger partial charge on any atom is -0.462 e. The van der Waals surface area contributed by atoms with E-state index < -0.39 is 6.10 Å². The number of allylic oxidation sites excluding steroid dienone is 10. The number of hydrogen-bond donors (Lipinski definition) is 0. The van der Waals surface area contributed by atoms with Gasteiger partial charge < -0.3 is 14.2 Å². The summed E-state index contributed by atoms with van der Waals surface area (Å²) in [4.78, 5) is 38.0. The first-order chi connectivity index (χ1) is 37.5. The number of ether oxygens (including phenoxy) is 3. The predicted octanol–water partition coefficient (Wildman–Crippen LogP) is 22.7. The number of rotatable bonds is 61. The van der Waals surface area contributed by atoms with Crippen LogP contribution in [0.25, 0.3) is 0 Å². The lowest BCUT2D eigenvalue weighted by molar-refractivity contribution is -0.167. The van der Waals surface area contributed by atoms with Crippen molar-refractivity contribution in [3.8, 4) is 0 Å². The number of esters is 3. The average molecular weight is 1060 g/mol. The first-order valence-corrected chi connectivity index (χ1v) is 33.3. The third-order valence-electron chi connectivity index (χ3n) is 14.7. The van der Waals surface area contributed by atoms with Gasteiger partial charge in [-0.1, -0.05) is 300 Å². The van der Waals surface area contributed by atoms with Crippen LogP contribution in [-0.4, -0.2) is 37.2 Å². The van der Waals surface area contributed by atoms with Crippen molar-refractivity contribution in [1.29, 1.82) is 0 Å². The van der Waals surface area contributed by atoms with E-state index in [4.69, 9.17) is 14.2 Å². The van der Waals surface area contributed by atoms with Crippen LogP contribution in [0.15, 0.2) is 60.8 Å². The van der Waals surface area contributed by atoms with Gasteiger partial charge in [0.1, 0.15) is 13.2 Å². The highest BCUT2D eigenvalue weighted by Gasteiger charge is 2.19. The van der Waals surface area contributed by atoms with Crippen molar-refractivity contribution < 1.29 is 28.6 Å². The van der Waals surface area contributed by atoms with Crippen LogP contribution in [0.2, 0.25) is 0 Å². The van der Waals surface area contributed by atoms with Crippen molar-refractivity contribution in [1.82, 2.24) is 0 Å². The Morgan fingerprint density at radius 3 is 0.737 bits per heavy atom. The van der Waals surface area contributed by atoms with E-state index in [1.807, 2.05) is 0 Å². The summed E-state index contributed by atoms with van der Waals surface area (Å²) in [6.45, 7) is 6.59. The summed E-state index contributed by atoms with van der Waals surface area (Å²) in [7, 11) is 0. The SMILES string of the molecule is CCCCCCC/C=C\C/C=C\C/C=C\CCCCCCCCC(=O)OC(COC(=O)CCCCCCCC)COC(=O)CCCCCCCCCCCCCCCCCCCCC/C=C\C/C=C\CCCCCCC. The molecule has 0 bridgehead atoms. The van der Waals surface area contributed by atoms with E-state index >= 15 is 0 Å². The Labute approximate surface area is 472 Å². The third-order valence-corrected chi connectivity index (χ3v) is 14.7. The molecule has 0 aliphatic rings. The van der Waals surface area contributed by atoms with Crippen molar-refractivity contribution in [2.24, 2.45) is 0 Å². The zero-order valence-corrected chi connectivity index (χ0v) is 50.8. The van der Waals surface area contributed by atoms with Crippen LogP contribution in [0, 0.1) is 0 Å². The van der Waals surface area contributed by atoms with Gasteiger partial charge in [0, 0.05) is 19.3 Å². The van der Waals surface area contributed by atoms with E-state index in [1.165, 1.54) is 225 Å². The Bertz CT molecular complexity index is 1360. The van der Waals surface area contributed by atoms with Gasteiger partial charge in [-0.2, -0.15) is 0 Å². The van der Waals surface area contributed by atoms with Crippen molar-refractivity contribution in [3.05, 3.63) is 60.8 Å². The molecule has 0 aliphatic heterocycles. The lowest BCUT2D eigenvalue weighted by Gasteiger charge is -2.18.